The number of hydrogen-bond acceptors (Lipinski definition) is 2. The summed E-state index contributed by atoms with van der Waals surface area (Å²) in [6, 6.07) is 1.82. The second-order valence-electron chi connectivity index (χ2n) is 1.02. The second kappa shape index (κ2) is 3.10. The molecule has 2 nitrogen and oxygen atoms in total. The molecular formula is C5H6N2. The predicted molar refractivity (Wildman–Crippen MR) is 29.2 cm³/mol. The van der Waals surface area contributed by atoms with Gasteiger partial charge in [0.1, 0.15) is 6.07 Å². The topological polar surface area (TPSA) is 36.1 Å². The molecule has 0 atom stereocenters. The molecular weight excluding hydrogens is 88.1 g/mol. The average molecular weight is 94.1 g/mol. The van der Waals surface area contributed by atoms with E-state index < -0.39 is 0 Å². The number of rotatable bonds is 1. The van der Waals surface area contributed by atoms with Gasteiger partial charge in [-0.1, -0.05) is 6.58 Å². The molecule has 36 valence electrons. The fraction of sp³-hybridized carbons (Fsp3) is 0.200. The largest absolute Gasteiger partial charge is 0.295 e. The van der Waals surface area contributed by atoms with Gasteiger partial charge < -0.3 is 0 Å². The average Bonchev–Trinajstić information content (AvgIpc) is 1.68. The van der Waals surface area contributed by atoms with E-state index in [9.17, 15) is 0 Å². The maximum Gasteiger partial charge on any atom is 0.100 e. The van der Waals surface area contributed by atoms with Gasteiger partial charge in [0.2, 0.25) is 0 Å². The lowest BCUT2D eigenvalue weighted by atomic mass is 10.4. The summed E-state index contributed by atoms with van der Waals surface area (Å²) >= 11 is 0. The molecule has 0 fully saturated rings. The third kappa shape index (κ3) is 2.71. The van der Waals surface area contributed by atoms with Crippen molar-refractivity contribution >= 4 is 6.21 Å². The Hall–Kier alpha value is -1.10. The van der Waals surface area contributed by atoms with Crippen molar-refractivity contribution in [3.8, 4) is 6.07 Å². The third-order valence-electron chi connectivity index (χ3n) is 0.429. The van der Waals surface area contributed by atoms with E-state index in [4.69, 9.17) is 5.26 Å². The summed E-state index contributed by atoms with van der Waals surface area (Å²) < 4.78 is 0. The van der Waals surface area contributed by atoms with Gasteiger partial charge in [0, 0.05) is 13.3 Å². The summed E-state index contributed by atoms with van der Waals surface area (Å²) in [5.41, 5.74) is 0.391. The summed E-state index contributed by atoms with van der Waals surface area (Å²) in [7, 11) is 1.60. The third-order valence-corrected chi connectivity index (χ3v) is 0.429. The molecule has 0 bridgehead atoms. The molecule has 0 unspecified atom stereocenters. The Morgan fingerprint density at radius 1 is 2.00 bits per heavy atom. The fourth-order valence-electron chi connectivity index (χ4n) is 0.185. The van der Waals surface area contributed by atoms with Gasteiger partial charge in [-0.25, -0.2) is 0 Å². The fourth-order valence-corrected chi connectivity index (χ4v) is 0.185. The van der Waals surface area contributed by atoms with Gasteiger partial charge in [0.25, 0.3) is 0 Å². The lowest BCUT2D eigenvalue weighted by Gasteiger charge is -1.72. The zero-order chi connectivity index (χ0) is 5.70. The van der Waals surface area contributed by atoms with Gasteiger partial charge in [-0.2, -0.15) is 5.26 Å². The number of nitrogens with zero attached hydrogens (tertiary/aromatic N) is 2. The van der Waals surface area contributed by atoms with E-state index in [2.05, 4.69) is 11.6 Å². The van der Waals surface area contributed by atoms with Crippen LogP contribution in [-0.2, 0) is 0 Å². The van der Waals surface area contributed by atoms with E-state index >= 15 is 0 Å². The molecule has 0 aromatic rings. The molecule has 0 amide bonds. The Labute approximate surface area is 42.8 Å². The molecule has 2 heteroatoms. The SMILES string of the molecule is C=C(C#N)/C=N\C. The predicted octanol–water partition coefficient (Wildman–Crippen LogP) is 0.767. The molecule has 0 aliphatic heterocycles. The number of allylic oxidation sites excluding steroid dienone is 1. The minimum Gasteiger partial charge on any atom is -0.295 e. The summed E-state index contributed by atoms with van der Waals surface area (Å²) in [6.45, 7) is 3.35. The lowest BCUT2D eigenvalue weighted by molar-refractivity contribution is 1.46. The van der Waals surface area contributed by atoms with Crippen LogP contribution in [0.25, 0.3) is 0 Å². The maximum absolute atomic E-state index is 8.03. The summed E-state index contributed by atoms with van der Waals surface area (Å²) in [5, 5.41) is 8.03. The van der Waals surface area contributed by atoms with Gasteiger partial charge in [0.15, 0.2) is 0 Å². The van der Waals surface area contributed by atoms with Crippen molar-refractivity contribution in [3.05, 3.63) is 12.2 Å². The maximum atomic E-state index is 8.03. The molecule has 0 aliphatic rings. The van der Waals surface area contributed by atoms with Crippen LogP contribution in [0.15, 0.2) is 17.1 Å². The van der Waals surface area contributed by atoms with Crippen molar-refractivity contribution in [2.75, 3.05) is 7.05 Å². The first-order valence-corrected chi connectivity index (χ1v) is 1.82. The molecule has 0 heterocycles. The van der Waals surface area contributed by atoms with Crippen molar-refractivity contribution in [1.29, 1.82) is 5.26 Å². The number of nitriles is 1. The zero-order valence-electron chi connectivity index (χ0n) is 4.18. The van der Waals surface area contributed by atoms with Gasteiger partial charge in [-0.15, -0.1) is 0 Å². The van der Waals surface area contributed by atoms with Crippen LogP contribution in [0.2, 0.25) is 0 Å². The molecule has 0 aliphatic carbocycles. The van der Waals surface area contributed by atoms with Crippen molar-refractivity contribution in [2.24, 2.45) is 4.99 Å². The Morgan fingerprint density at radius 3 is 2.71 bits per heavy atom. The van der Waals surface area contributed by atoms with Crippen LogP contribution in [-0.4, -0.2) is 13.3 Å². The molecule has 0 N–H and O–H groups in total. The van der Waals surface area contributed by atoms with Gasteiger partial charge >= 0.3 is 0 Å². The quantitative estimate of drug-likeness (QED) is 0.349. The number of aliphatic imine (C=N–C) groups is 1. The van der Waals surface area contributed by atoms with Crippen LogP contribution >= 0.6 is 0 Å². The van der Waals surface area contributed by atoms with Crippen LogP contribution in [0.4, 0.5) is 0 Å². The molecule has 0 saturated carbocycles. The summed E-state index contributed by atoms with van der Waals surface area (Å²) in [5.74, 6) is 0. The van der Waals surface area contributed by atoms with Gasteiger partial charge in [0.05, 0.1) is 5.57 Å². The van der Waals surface area contributed by atoms with Crippen molar-refractivity contribution < 1.29 is 0 Å². The lowest BCUT2D eigenvalue weighted by Crippen LogP contribution is -1.72. The summed E-state index contributed by atoms with van der Waals surface area (Å²) in [6.07, 6.45) is 1.42. The van der Waals surface area contributed by atoms with E-state index in [1.807, 2.05) is 6.07 Å². The van der Waals surface area contributed by atoms with Crippen LogP contribution in [0, 0.1) is 11.3 Å². The highest BCUT2D eigenvalue weighted by Gasteiger charge is 1.75. The molecule has 0 spiro atoms. The van der Waals surface area contributed by atoms with E-state index in [0.717, 1.165) is 0 Å². The number of hydrogen-bond donors (Lipinski definition) is 0. The Bertz CT molecular complexity index is 128. The van der Waals surface area contributed by atoms with E-state index in [1.54, 1.807) is 7.05 Å². The monoisotopic (exact) mass is 94.1 g/mol. The minimum absolute atomic E-state index is 0.391. The zero-order valence-corrected chi connectivity index (χ0v) is 4.18. The Morgan fingerprint density at radius 2 is 2.57 bits per heavy atom. The second-order valence-corrected chi connectivity index (χ2v) is 1.02. The standard InChI is InChI=1S/C5H6N2/c1-5(3-6)4-7-2/h4H,1H2,2H3/b7-4-. The van der Waals surface area contributed by atoms with Crippen LogP contribution in [0.5, 0.6) is 0 Å². The first-order valence-electron chi connectivity index (χ1n) is 1.82. The minimum atomic E-state index is 0.391. The Balaban J connectivity index is 3.66. The first-order chi connectivity index (χ1) is 3.31. The first kappa shape index (κ1) is 5.90. The molecule has 0 radical (unpaired) electrons. The highest BCUT2D eigenvalue weighted by Crippen LogP contribution is 1.75. The van der Waals surface area contributed by atoms with Crippen molar-refractivity contribution in [2.45, 2.75) is 0 Å². The van der Waals surface area contributed by atoms with Gasteiger partial charge in [-0.3, -0.25) is 4.99 Å². The summed E-state index contributed by atoms with van der Waals surface area (Å²) in [4.78, 5) is 3.56. The highest BCUT2D eigenvalue weighted by atomic mass is 14.6. The normalized spacial score (nSPS) is 8.57. The molecule has 0 rings (SSSR count). The highest BCUT2D eigenvalue weighted by molar-refractivity contribution is 5.82. The molecule has 0 aromatic carbocycles. The van der Waals surface area contributed by atoms with Crippen molar-refractivity contribution in [1.82, 2.24) is 0 Å². The van der Waals surface area contributed by atoms with E-state index in [-0.39, 0.29) is 0 Å². The van der Waals surface area contributed by atoms with Crippen LogP contribution in [0.3, 0.4) is 0 Å². The van der Waals surface area contributed by atoms with E-state index in [0.29, 0.717) is 5.57 Å². The van der Waals surface area contributed by atoms with Crippen LogP contribution < -0.4 is 0 Å². The Kier molecular flexibility index (Phi) is 2.62. The van der Waals surface area contributed by atoms with Gasteiger partial charge in [-0.05, 0) is 0 Å². The molecule has 0 aromatic heterocycles. The molecule has 7 heavy (non-hydrogen) atoms. The van der Waals surface area contributed by atoms with E-state index in [1.165, 1.54) is 6.21 Å². The molecule has 0 saturated heterocycles. The smallest absolute Gasteiger partial charge is 0.100 e. The van der Waals surface area contributed by atoms with Crippen molar-refractivity contribution in [3.63, 3.8) is 0 Å². The van der Waals surface area contributed by atoms with Crippen LogP contribution in [0.1, 0.15) is 0 Å².